The van der Waals surface area contributed by atoms with Crippen LogP contribution < -0.4 is 10.2 Å². The second kappa shape index (κ2) is 8.13. The zero-order chi connectivity index (χ0) is 22.3. The van der Waals surface area contributed by atoms with E-state index in [1.54, 1.807) is 6.08 Å². The van der Waals surface area contributed by atoms with Gasteiger partial charge in [-0.05, 0) is 86.1 Å². The number of nitrogens with one attached hydrogen (secondary N) is 1. The zero-order valence-corrected chi connectivity index (χ0v) is 18.8. The second-order valence-electron chi connectivity index (χ2n) is 7.48. The highest BCUT2D eigenvalue weighted by Crippen LogP contribution is 2.27. The largest absolute Gasteiger partial charge is 0.317 e. The molecule has 2 amide bonds. The number of hydrogen-bond acceptors (Lipinski definition) is 3. The Hall–Kier alpha value is -3.22. The minimum Gasteiger partial charge on any atom is -0.317 e. The third-order valence-electron chi connectivity index (χ3n) is 5.21. The van der Waals surface area contributed by atoms with Crippen LogP contribution >= 0.6 is 23.8 Å². The highest BCUT2D eigenvalue weighted by molar-refractivity contribution is 7.80. The van der Waals surface area contributed by atoms with Crippen LogP contribution in [0.1, 0.15) is 22.4 Å². The first-order chi connectivity index (χ1) is 14.8. The molecule has 0 spiro atoms. The highest BCUT2D eigenvalue weighted by Gasteiger charge is 2.35. The van der Waals surface area contributed by atoms with Crippen LogP contribution in [-0.2, 0) is 9.59 Å². The SMILES string of the molecule is Cc1ccc(C)c(N2C(=O)/C(=C/c3cccn3-c3ccc(C)c(Cl)c3)C(=O)NC2=S)c1. The lowest BCUT2D eigenvalue weighted by Gasteiger charge is -2.30. The number of carbonyl (C=O) groups is 2. The van der Waals surface area contributed by atoms with Crippen LogP contribution in [0.5, 0.6) is 0 Å². The summed E-state index contributed by atoms with van der Waals surface area (Å²) in [6, 6.07) is 15.1. The summed E-state index contributed by atoms with van der Waals surface area (Å²) in [4.78, 5) is 27.4. The summed E-state index contributed by atoms with van der Waals surface area (Å²) >= 11 is 11.6. The number of halogens is 1. The van der Waals surface area contributed by atoms with Crippen molar-refractivity contribution in [2.45, 2.75) is 20.8 Å². The summed E-state index contributed by atoms with van der Waals surface area (Å²) < 4.78 is 1.87. The smallest absolute Gasteiger partial charge is 0.270 e. The molecule has 1 saturated heterocycles. The van der Waals surface area contributed by atoms with Gasteiger partial charge < -0.3 is 4.57 Å². The van der Waals surface area contributed by atoms with E-state index in [2.05, 4.69) is 5.32 Å². The van der Waals surface area contributed by atoms with Crippen LogP contribution in [0.2, 0.25) is 5.02 Å². The van der Waals surface area contributed by atoms with Crippen LogP contribution in [0.25, 0.3) is 11.8 Å². The number of thiocarbonyl (C=S) groups is 1. The summed E-state index contributed by atoms with van der Waals surface area (Å²) in [7, 11) is 0. The standard InChI is InChI=1S/C24H20ClN3O2S/c1-14-6-7-16(3)21(11-14)28-23(30)19(22(29)26-24(28)31)12-17-5-4-10-27(17)18-9-8-15(2)20(25)13-18/h4-13H,1-3H3,(H,26,29,31)/b19-12+. The van der Waals surface area contributed by atoms with Gasteiger partial charge in [0, 0.05) is 22.6 Å². The Balaban J connectivity index is 1.78. The molecule has 2 heterocycles. The van der Waals surface area contributed by atoms with Gasteiger partial charge in [0.2, 0.25) is 0 Å². The second-order valence-corrected chi connectivity index (χ2v) is 8.28. The minimum absolute atomic E-state index is 0.00710. The van der Waals surface area contributed by atoms with Gasteiger partial charge >= 0.3 is 0 Å². The zero-order valence-electron chi connectivity index (χ0n) is 17.3. The molecular weight excluding hydrogens is 430 g/mol. The Morgan fingerprint density at radius 1 is 1.00 bits per heavy atom. The maximum Gasteiger partial charge on any atom is 0.270 e. The first-order valence-corrected chi connectivity index (χ1v) is 10.5. The molecule has 0 atom stereocenters. The fourth-order valence-corrected chi connectivity index (χ4v) is 3.91. The number of benzene rings is 2. The molecule has 31 heavy (non-hydrogen) atoms. The van der Waals surface area contributed by atoms with Gasteiger partial charge in [0.1, 0.15) is 5.57 Å². The normalized spacial score (nSPS) is 15.5. The molecule has 0 saturated carbocycles. The Labute approximate surface area is 190 Å². The summed E-state index contributed by atoms with van der Waals surface area (Å²) in [6.07, 6.45) is 3.43. The van der Waals surface area contributed by atoms with E-state index < -0.39 is 11.8 Å². The number of carbonyl (C=O) groups excluding carboxylic acids is 2. The topological polar surface area (TPSA) is 54.3 Å². The predicted molar refractivity (Wildman–Crippen MR) is 128 cm³/mol. The van der Waals surface area contributed by atoms with Crippen molar-refractivity contribution in [2.75, 3.05) is 4.90 Å². The van der Waals surface area contributed by atoms with Crippen molar-refractivity contribution in [1.29, 1.82) is 0 Å². The number of aryl methyl sites for hydroxylation is 3. The first kappa shape index (κ1) is 21.0. The van der Waals surface area contributed by atoms with E-state index in [9.17, 15) is 9.59 Å². The van der Waals surface area contributed by atoms with Gasteiger partial charge in [-0.1, -0.05) is 29.8 Å². The Kier molecular flexibility index (Phi) is 5.52. The highest BCUT2D eigenvalue weighted by atomic mass is 35.5. The lowest BCUT2D eigenvalue weighted by atomic mass is 10.1. The lowest BCUT2D eigenvalue weighted by Crippen LogP contribution is -2.54. The molecule has 3 aromatic rings. The molecule has 2 aromatic carbocycles. The number of rotatable bonds is 3. The molecule has 7 heteroatoms. The molecule has 5 nitrogen and oxygen atoms in total. The van der Waals surface area contributed by atoms with E-state index in [1.807, 2.05) is 80.1 Å². The summed E-state index contributed by atoms with van der Waals surface area (Å²) in [5, 5.41) is 3.35. The van der Waals surface area contributed by atoms with E-state index in [4.69, 9.17) is 23.8 Å². The number of amides is 2. The van der Waals surface area contributed by atoms with Gasteiger partial charge in [-0.15, -0.1) is 0 Å². The molecular formula is C24H20ClN3O2S. The van der Waals surface area contributed by atoms with E-state index in [0.717, 1.165) is 22.4 Å². The van der Waals surface area contributed by atoms with Gasteiger partial charge in [-0.2, -0.15) is 0 Å². The summed E-state index contributed by atoms with van der Waals surface area (Å²) in [5.41, 5.74) is 5.01. The van der Waals surface area contributed by atoms with E-state index >= 15 is 0 Å². The van der Waals surface area contributed by atoms with E-state index in [0.29, 0.717) is 16.4 Å². The lowest BCUT2D eigenvalue weighted by molar-refractivity contribution is -0.122. The van der Waals surface area contributed by atoms with Crippen LogP contribution in [0, 0.1) is 20.8 Å². The molecule has 1 aliphatic heterocycles. The van der Waals surface area contributed by atoms with Crippen molar-refractivity contribution in [3.8, 4) is 5.69 Å². The van der Waals surface area contributed by atoms with Crippen LogP contribution in [-0.4, -0.2) is 21.5 Å². The molecule has 1 aromatic heterocycles. The molecule has 0 unspecified atom stereocenters. The number of hydrogen-bond donors (Lipinski definition) is 1. The Bertz CT molecular complexity index is 1280. The van der Waals surface area contributed by atoms with Gasteiger partial charge in [0.25, 0.3) is 11.8 Å². The quantitative estimate of drug-likeness (QED) is 0.352. The Morgan fingerprint density at radius 2 is 1.74 bits per heavy atom. The average Bonchev–Trinajstić information content (AvgIpc) is 3.18. The monoisotopic (exact) mass is 449 g/mol. The molecule has 0 radical (unpaired) electrons. The van der Waals surface area contributed by atoms with E-state index in [-0.39, 0.29) is 10.7 Å². The summed E-state index contributed by atoms with van der Waals surface area (Å²) in [6.45, 7) is 5.77. The summed E-state index contributed by atoms with van der Waals surface area (Å²) in [5.74, 6) is -0.983. The number of nitrogens with zero attached hydrogens (tertiary/aromatic N) is 2. The van der Waals surface area contributed by atoms with Gasteiger partial charge in [-0.3, -0.25) is 19.8 Å². The fourth-order valence-electron chi connectivity index (χ4n) is 3.46. The predicted octanol–water partition coefficient (Wildman–Crippen LogP) is 4.89. The third kappa shape index (κ3) is 3.92. The van der Waals surface area contributed by atoms with Crippen molar-refractivity contribution in [1.82, 2.24) is 9.88 Å². The van der Waals surface area contributed by atoms with Crippen LogP contribution in [0.4, 0.5) is 5.69 Å². The average molecular weight is 450 g/mol. The van der Waals surface area contributed by atoms with Crippen LogP contribution in [0.15, 0.2) is 60.3 Å². The fraction of sp³-hybridized carbons (Fsp3) is 0.125. The van der Waals surface area contributed by atoms with Crippen molar-refractivity contribution in [2.24, 2.45) is 0 Å². The molecule has 4 rings (SSSR count). The van der Waals surface area contributed by atoms with Crippen molar-refractivity contribution < 1.29 is 9.59 Å². The first-order valence-electron chi connectivity index (χ1n) is 9.69. The van der Waals surface area contributed by atoms with Crippen molar-refractivity contribution >= 4 is 52.5 Å². The Morgan fingerprint density at radius 3 is 2.48 bits per heavy atom. The van der Waals surface area contributed by atoms with Crippen molar-refractivity contribution in [3.63, 3.8) is 0 Å². The maximum atomic E-state index is 13.4. The molecule has 1 fully saturated rings. The van der Waals surface area contributed by atoms with Gasteiger partial charge in [0.15, 0.2) is 5.11 Å². The molecule has 1 aliphatic rings. The maximum absolute atomic E-state index is 13.4. The van der Waals surface area contributed by atoms with Crippen molar-refractivity contribution in [3.05, 3.63) is 87.7 Å². The number of anilines is 1. The molecule has 0 aliphatic carbocycles. The van der Waals surface area contributed by atoms with E-state index in [1.165, 1.54) is 4.90 Å². The molecule has 156 valence electrons. The molecule has 1 N–H and O–H groups in total. The number of aromatic nitrogens is 1. The van der Waals surface area contributed by atoms with Crippen LogP contribution in [0.3, 0.4) is 0 Å². The van der Waals surface area contributed by atoms with Gasteiger partial charge in [0.05, 0.1) is 5.69 Å². The molecule has 0 bridgehead atoms. The minimum atomic E-state index is -0.522. The van der Waals surface area contributed by atoms with Gasteiger partial charge in [-0.25, -0.2) is 0 Å². The third-order valence-corrected chi connectivity index (χ3v) is 5.91.